The molecule has 4 atom stereocenters. The molecular formula is C11H20BN. The third kappa shape index (κ3) is 1.78. The molecule has 1 heterocycles. The third-order valence-corrected chi connectivity index (χ3v) is 4.25. The Morgan fingerprint density at radius 2 is 2.08 bits per heavy atom. The zero-order valence-corrected chi connectivity index (χ0v) is 8.87. The van der Waals surface area contributed by atoms with Gasteiger partial charge in [0.05, 0.1) is 0 Å². The van der Waals surface area contributed by atoms with Gasteiger partial charge in [-0.2, -0.15) is 0 Å². The van der Waals surface area contributed by atoms with Crippen molar-refractivity contribution in [3.8, 4) is 0 Å². The van der Waals surface area contributed by atoms with E-state index in [0.29, 0.717) is 0 Å². The van der Waals surface area contributed by atoms with E-state index in [1.54, 1.807) is 0 Å². The standard InChI is InChI=1S/C11H20BN/c1-3-10-4-9-5-11(8(10)2)7-13(12)6-9/h8-11H,3-7H2,1-2H3. The fourth-order valence-corrected chi connectivity index (χ4v) is 3.40. The molecule has 1 aliphatic carbocycles. The highest BCUT2D eigenvalue weighted by Crippen LogP contribution is 2.42. The number of fused-ring (bicyclic) bond motifs is 2. The average molecular weight is 177 g/mol. The lowest BCUT2D eigenvalue weighted by Gasteiger charge is -2.47. The Balaban J connectivity index is 2.05. The van der Waals surface area contributed by atoms with Crippen LogP contribution >= 0.6 is 0 Å². The second-order valence-electron chi connectivity index (χ2n) is 5.08. The minimum Gasteiger partial charge on any atom is -0.353 e. The van der Waals surface area contributed by atoms with Crippen LogP contribution in [-0.2, 0) is 0 Å². The van der Waals surface area contributed by atoms with Gasteiger partial charge in [-0.25, -0.2) is 0 Å². The largest absolute Gasteiger partial charge is 0.353 e. The van der Waals surface area contributed by atoms with E-state index in [1.807, 2.05) is 4.81 Å². The minimum absolute atomic E-state index is 0.877. The lowest BCUT2D eigenvalue weighted by Crippen LogP contribution is -2.46. The van der Waals surface area contributed by atoms with E-state index in [0.717, 1.165) is 36.8 Å². The topological polar surface area (TPSA) is 3.24 Å². The van der Waals surface area contributed by atoms with Crippen molar-refractivity contribution in [2.75, 3.05) is 13.1 Å². The van der Waals surface area contributed by atoms with E-state index in [1.165, 1.54) is 19.3 Å². The van der Waals surface area contributed by atoms with Gasteiger partial charge in [-0.05, 0) is 49.6 Å². The maximum Gasteiger partial charge on any atom is 0.182 e. The predicted octanol–water partition coefficient (Wildman–Crippen LogP) is 2.07. The first-order valence-corrected chi connectivity index (χ1v) is 5.70. The van der Waals surface area contributed by atoms with E-state index >= 15 is 0 Å². The molecule has 1 nitrogen and oxygen atoms in total. The van der Waals surface area contributed by atoms with Crippen LogP contribution < -0.4 is 0 Å². The molecule has 0 aromatic carbocycles. The summed E-state index contributed by atoms with van der Waals surface area (Å²) in [5, 5.41) is 0. The third-order valence-electron chi connectivity index (χ3n) is 4.25. The van der Waals surface area contributed by atoms with Gasteiger partial charge in [-0.15, -0.1) is 0 Å². The van der Waals surface area contributed by atoms with Gasteiger partial charge in [0, 0.05) is 0 Å². The van der Waals surface area contributed by atoms with Crippen molar-refractivity contribution in [3.05, 3.63) is 0 Å². The predicted molar refractivity (Wildman–Crippen MR) is 56.5 cm³/mol. The van der Waals surface area contributed by atoms with Crippen molar-refractivity contribution in [1.82, 2.24) is 4.81 Å². The van der Waals surface area contributed by atoms with Crippen LogP contribution in [0.25, 0.3) is 0 Å². The van der Waals surface area contributed by atoms with Crippen molar-refractivity contribution in [2.24, 2.45) is 23.7 Å². The normalized spacial score (nSPS) is 46.3. The van der Waals surface area contributed by atoms with Gasteiger partial charge < -0.3 is 4.81 Å². The number of hydrogen-bond donors (Lipinski definition) is 0. The lowest BCUT2D eigenvalue weighted by molar-refractivity contribution is 0.0502. The molecule has 4 unspecified atom stereocenters. The molecular weight excluding hydrogens is 157 g/mol. The molecule has 2 heteroatoms. The quantitative estimate of drug-likeness (QED) is 0.554. The molecule has 0 amide bonds. The van der Waals surface area contributed by atoms with Crippen LogP contribution in [0.4, 0.5) is 0 Å². The summed E-state index contributed by atoms with van der Waals surface area (Å²) in [7, 11) is 5.91. The summed E-state index contributed by atoms with van der Waals surface area (Å²) < 4.78 is 0. The molecule has 2 aliphatic rings. The first-order valence-electron chi connectivity index (χ1n) is 5.70. The monoisotopic (exact) mass is 177 g/mol. The fraction of sp³-hybridized carbons (Fsp3) is 1.00. The molecule has 1 saturated carbocycles. The van der Waals surface area contributed by atoms with Gasteiger partial charge in [0.1, 0.15) is 0 Å². The van der Waals surface area contributed by atoms with Crippen molar-refractivity contribution in [1.29, 1.82) is 0 Å². The van der Waals surface area contributed by atoms with E-state index < -0.39 is 0 Å². The number of nitrogens with zero attached hydrogens (tertiary/aromatic N) is 1. The Morgan fingerprint density at radius 1 is 1.31 bits per heavy atom. The average Bonchev–Trinajstić information content (AvgIpc) is 2.10. The van der Waals surface area contributed by atoms with Crippen molar-refractivity contribution in [3.63, 3.8) is 0 Å². The Labute approximate surface area is 83.3 Å². The van der Waals surface area contributed by atoms with Gasteiger partial charge in [0.2, 0.25) is 0 Å². The molecule has 0 aromatic rings. The molecule has 2 fully saturated rings. The summed E-state index contributed by atoms with van der Waals surface area (Å²) in [6.07, 6.45) is 4.21. The summed E-state index contributed by atoms with van der Waals surface area (Å²) in [6, 6.07) is 0. The molecule has 0 aromatic heterocycles. The van der Waals surface area contributed by atoms with Gasteiger partial charge in [0.25, 0.3) is 0 Å². The zero-order chi connectivity index (χ0) is 9.42. The van der Waals surface area contributed by atoms with Crippen LogP contribution in [-0.4, -0.2) is 25.9 Å². The smallest absolute Gasteiger partial charge is 0.182 e. The Bertz CT molecular complexity index is 181. The van der Waals surface area contributed by atoms with Crippen LogP contribution in [0.1, 0.15) is 33.1 Å². The maximum atomic E-state index is 5.91. The van der Waals surface area contributed by atoms with Crippen LogP contribution in [0.15, 0.2) is 0 Å². The number of rotatable bonds is 1. The number of hydrogen-bond acceptors (Lipinski definition) is 1. The van der Waals surface area contributed by atoms with Crippen LogP contribution in [0, 0.1) is 23.7 Å². The highest BCUT2D eigenvalue weighted by atomic mass is 15.0. The Hall–Kier alpha value is 0.0249. The summed E-state index contributed by atoms with van der Waals surface area (Å²) in [4.78, 5) is 2.04. The summed E-state index contributed by atoms with van der Waals surface area (Å²) in [5.41, 5.74) is 0. The second-order valence-corrected chi connectivity index (χ2v) is 5.08. The fourth-order valence-electron chi connectivity index (χ4n) is 3.40. The van der Waals surface area contributed by atoms with E-state index in [2.05, 4.69) is 13.8 Å². The molecule has 2 radical (unpaired) electrons. The van der Waals surface area contributed by atoms with Gasteiger partial charge in [-0.1, -0.05) is 20.3 Å². The molecule has 0 N–H and O–H groups in total. The highest BCUT2D eigenvalue weighted by molar-refractivity contribution is 6.04. The Morgan fingerprint density at radius 3 is 2.77 bits per heavy atom. The van der Waals surface area contributed by atoms with Gasteiger partial charge in [0.15, 0.2) is 7.98 Å². The minimum atomic E-state index is 0.877. The first kappa shape index (κ1) is 9.58. The summed E-state index contributed by atoms with van der Waals surface area (Å²) >= 11 is 0. The SMILES string of the molecule is [B]N1CC2CC(CC)C(C)C(C2)C1. The van der Waals surface area contributed by atoms with E-state index in [9.17, 15) is 0 Å². The van der Waals surface area contributed by atoms with Crippen molar-refractivity contribution in [2.45, 2.75) is 33.1 Å². The van der Waals surface area contributed by atoms with Crippen molar-refractivity contribution >= 4 is 7.98 Å². The zero-order valence-electron chi connectivity index (χ0n) is 8.87. The first-order chi connectivity index (χ1) is 6.20. The Kier molecular flexibility index (Phi) is 2.68. The lowest BCUT2D eigenvalue weighted by atomic mass is 9.65. The molecule has 0 spiro atoms. The molecule has 72 valence electrons. The van der Waals surface area contributed by atoms with Crippen LogP contribution in [0.2, 0.25) is 0 Å². The summed E-state index contributed by atoms with van der Waals surface area (Å²) in [5.74, 6) is 3.64. The van der Waals surface area contributed by atoms with Gasteiger partial charge >= 0.3 is 0 Å². The molecule has 13 heavy (non-hydrogen) atoms. The summed E-state index contributed by atoms with van der Waals surface area (Å²) in [6.45, 7) is 7.03. The maximum absolute atomic E-state index is 5.91. The van der Waals surface area contributed by atoms with Crippen LogP contribution in [0.3, 0.4) is 0 Å². The van der Waals surface area contributed by atoms with Crippen molar-refractivity contribution < 1.29 is 0 Å². The second kappa shape index (κ2) is 3.64. The highest BCUT2D eigenvalue weighted by Gasteiger charge is 2.37. The molecule has 1 aliphatic heterocycles. The molecule has 1 saturated heterocycles. The number of piperidine rings is 1. The molecule has 2 bridgehead atoms. The van der Waals surface area contributed by atoms with E-state index in [-0.39, 0.29) is 0 Å². The van der Waals surface area contributed by atoms with E-state index in [4.69, 9.17) is 7.98 Å². The van der Waals surface area contributed by atoms with Gasteiger partial charge in [-0.3, -0.25) is 0 Å². The van der Waals surface area contributed by atoms with Crippen LogP contribution in [0.5, 0.6) is 0 Å². The molecule has 2 rings (SSSR count).